The first kappa shape index (κ1) is 25.1. The van der Waals surface area contributed by atoms with E-state index in [0.717, 1.165) is 23.3 Å². The molecule has 1 aromatic heterocycles. The summed E-state index contributed by atoms with van der Waals surface area (Å²) in [5.74, 6) is -0.717. The summed E-state index contributed by atoms with van der Waals surface area (Å²) in [6.45, 7) is 1.15. The van der Waals surface area contributed by atoms with Crippen molar-refractivity contribution in [2.24, 2.45) is 5.73 Å². The highest BCUT2D eigenvalue weighted by atomic mass is 32.1. The van der Waals surface area contributed by atoms with Crippen molar-refractivity contribution in [2.45, 2.75) is 43.9 Å². The first-order valence-corrected chi connectivity index (χ1v) is 13.2. The van der Waals surface area contributed by atoms with E-state index < -0.39 is 5.82 Å². The van der Waals surface area contributed by atoms with Gasteiger partial charge in [0.05, 0.1) is 22.3 Å². The first-order valence-electron chi connectivity index (χ1n) is 12.3. The van der Waals surface area contributed by atoms with Gasteiger partial charge in [-0.2, -0.15) is 5.26 Å². The minimum Gasteiger partial charge on any atom is -0.393 e. The zero-order valence-electron chi connectivity index (χ0n) is 20.2. The lowest BCUT2D eigenvalue weighted by Gasteiger charge is -2.31. The van der Waals surface area contributed by atoms with Gasteiger partial charge in [-0.05, 0) is 67.2 Å². The van der Waals surface area contributed by atoms with Crippen LogP contribution in [0.2, 0.25) is 0 Å². The fraction of sp³-hybridized carbons (Fsp3) is 0.321. The van der Waals surface area contributed by atoms with Crippen molar-refractivity contribution in [1.29, 1.82) is 10.7 Å². The number of nitrogens with zero attached hydrogens (tertiary/aromatic N) is 2. The van der Waals surface area contributed by atoms with Gasteiger partial charge in [-0.3, -0.25) is 4.79 Å². The first-order chi connectivity index (χ1) is 17.8. The van der Waals surface area contributed by atoms with Gasteiger partial charge in [0.1, 0.15) is 11.9 Å². The molecule has 2 aromatic rings. The average Bonchev–Trinajstić information content (AvgIpc) is 3.32. The third-order valence-corrected chi connectivity index (χ3v) is 8.16. The number of nitriles is 1. The van der Waals surface area contributed by atoms with Crippen LogP contribution in [0.5, 0.6) is 0 Å². The van der Waals surface area contributed by atoms with Crippen LogP contribution in [-0.4, -0.2) is 52.9 Å². The molecule has 9 heteroatoms. The fourth-order valence-electron chi connectivity index (χ4n) is 4.80. The van der Waals surface area contributed by atoms with Gasteiger partial charge in [-0.25, -0.2) is 4.39 Å². The number of carbonyl (C=O) groups excluding carboxylic acids is 1. The predicted molar refractivity (Wildman–Crippen MR) is 143 cm³/mol. The Bertz CT molecular complexity index is 1380. The molecule has 1 amide bonds. The van der Waals surface area contributed by atoms with Gasteiger partial charge in [0.2, 0.25) is 0 Å². The highest BCUT2D eigenvalue weighted by Gasteiger charge is 2.28. The minimum atomic E-state index is -0.616. The van der Waals surface area contributed by atoms with Gasteiger partial charge in [0, 0.05) is 47.4 Å². The second-order valence-electron chi connectivity index (χ2n) is 9.75. The molecule has 3 aliphatic rings. The summed E-state index contributed by atoms with van der Waals surface area (Å²) in [6, 6.07) is 8.22. The van der Waals surface area contributed by atoms with Crippen LogP contribution in [-0.2, 0) is 0 Å². The van der Waals surface area contributed by atoms with Gasteiger partial charge in [0.15, 0.2) is 0 Å². The number of nitrogens with two attached hydrogens (primary N) is 1. The molecule has 1 atom stereocenters. The third kappa shape index (κ3) is 5.27. The Labute approximate surface area is 218 Å². The number of carbonyl (C=O) groups is 1. The summed E-state index contributed by atoms with van der Waals surface area (Å²) in [6.07, 6.45) is 10.0. The molecule has 0 spiro atoms. The minimum absolute atomic E-state index is 0.0400. The number of aliphatic hydroxyl groups excluding tert-OH is 1. The molecule has 7 nitrogen and oxygen atoms in total. The molecule has 0 bridgehead atoms. The summed E-state index contributed by atoms with van der Waals surface area (Å²) in [5.41, 5.74) is 9.15. The lowest BCUT2D eigenvalue weighted by Crippen LogP contribution is -2.45. The van der Waals surface area contributed by atoms with Crippen molar-refractivity contribution in [3.05, 3.63) is 75.4 Å². The number of hydrogen-bond acceptors (Lipinski definition) is 7. The Morgan fingerprint density at radius 2 is 2.14 bits per heavy atom. The van der Waals surface area contributed by atoms with Gasteiger partial charge in [-0.1, -0.05) is 12.1 Å². The SMILES string of the molecule is N#Cc1ccc(-c2cc(C(=O)N3CCCC(N)C3)sc2C2=C/C(=C/NC3CC(O)C3)C(=N)C=C2)cc1F. The second kappa shape index (κ2) is 10.4. The van der Waals surface area contributed by atoms with E-state index in [1.807, 2.05) is 18.2 Å². The van der Waals surface area contributed by atoms with Crippen LogP contribution in [0.25, 0.3) is 16.7 Å². The fourth-order valence-corrected chi connectivity index (χ4v) is 5.95. The Hall–Kier alpha value is -3.58. The molecule has 5 N–H and O–H groups in total. The Morgan fingerprint density at radius 1 is 1.32 bits per heavy atom. The molecule has 1 aromatic carbocycles. The van der Waals surface area contributed by atoms with Gasteiger partial charge >= 0.3 is 0 Å². The zero-order valence-corrected chi connectivity index (χ0v) is 21.0. The summed E-state index contributed by atoms with van der Waals surface area (Å²) in [4.78, 5) is 16.5. The molecule has 190 valence electrons. The molecular formula is C28H28FN5O2S. The van der Waals surface area contributed by atoms with Gasteiger partial charge < -0.3 is 26.5 Å². The molecule has 2 fully saturated rings. The topological polar surface area (TPSA) is 126 Å². The van der Waals surface area contributed by atoms with E-state index in [9.17, 15) is 14.3 Å². The van der Waals surface area contributed by atoms with E-state index in [2.05, 4.69) is 5.32 Å². The average molecular weight is 518 g/mol. The van der Waals surface area contributed by atoms with Crippen molar-refractivity contribution in [3.8, 4) is 17.2 Å². The molecule has 1 saturated heterocycles. The van der Waals surface area contributed by atoms with Crippen molar-refractivity contribution in [3.63, 3.8) is 0 Å². The maximum Gasteiger partial charge on any atom is 0.264 e. The van der Waals surface area contributed by atoms with E-state index in [1.54, 1.807) is 29.3 Å². The molecular weight excluding hydrogens is 489 g/mol. The summed E-state index contributed by atoms with van der Waals surface area (Å²) >= 11 is 1.33. The van der Waals surface area contributed by atoms with Crippen molar-refractivity contribution >= 4 is 28.5 Å². The Kier molecular flexibility index (Phi) is 7.07. The summed E-state index contributed by atoms with van der Waals surface area (Å²) in [7, 11) is 0. The molecule has 1 aliphatic heterocycles. The van der Waals surface area contributed by atoms with E-state index in [-0.39, 0.29) is 29.7 Å². The number of allylic oxidation sites excluding steroid dienone is 5. The maximum absolute atomic E-state index is 14.6. The number of piperidine rings is 1. The predicted octanol–water partition coefficient (Wildman–Crippen LogP) is 3.96. The number of halogens is 1. The quantitative estimate of drug-likeness (QED) is 0.478. The second-order valence-corrected chi connectivity index (χ2v) is 10.8. The third-order valence-electron chi connectivity index (χ3n) is 6.99. The monoisotopic (exact) mass is 517 g/mol. The number of likely N-dealkylation sites (tertiary alicyclic amines) is 1. The van der Waals surface area contributed by atoms with Crippen molar-refractivity contribution in [1.82, 2.24) is 10.2 Å². The van der Waals surface area contributed by atoms with Crippen LogP contribution in [0.15, 0.2) is 54.3 Å². The molecule has 0 radical (unpaired) electrons. The smallest absolute Gasteiger partial charge is 0.264 e. The number of amides is 1. The van der Waals surface area contributed by atoms with E-state index in [4.69, 9.17) is 16.4 Å². The zero-order chi connectivity index (χ0) is 26.1. The largest absolute Gasteiger partial charge is 0.393 e. The van der Waals surface area contributed by atoms with Crippen LogP contribution in [0.1, 0.15) is 45.8 Å². The van der Waals surface area contributed by atoms with E-state index in [0.29, 0.717) is 53.2 Å². The summed E-state index contributed by atoms with van der Waals surface area (Å²) in [5, 5.41) is 30.3. The van der Waals surface area contributed by atoms with Gasteiger partial charge in [-0.15, -0.1) is 11.3 Å². The van der Waals surface area contributed by atoms with Crippen molar-refractivity contribution < 1.29 is 14.3 Å². The van der Waals surface area contributed by atoms with Crippen LogP contribution in [0.3, 0.4) is 0 Å². The number of aliphatic hydroxyl groups is 1. The van der Waals surface area contributed by atoms with Crippen LogP contribution >= 0.6 is 11.3 Å². The number of hydrogen-bond donors (Lipinski definition) is 4. The number of nitrogens with one attached hydrogen (secondary N) is 2. The molecule has 2 heterocycles. The van der Waals surface area contributed by atoms with Gasteiger partial charge in [0.25, 0.3) is 5.91 Å². The molecule has 1 saturated carbocycles. The highest BCUT2D eigenvalue weighted by molar-refractivity contribution is 7.15. The Morgan fingerprint density at radius 3 is 2.84 bits per heavy atom. The number of benzene rings is 1. The molecule has 2 aliphatic carbocycles. The summed E-state index contributed by atoms with van der Waals surface area (Å²) < 4.78 is 14.6. The highest BCUT2D eigenvalue weighted by Crippen LogP contribution is 2.40. The molecule has 37 heavy (non-hydrogen) atoms. The normalized spacial score (nSPS) is 24.4. The van der Waals surface area contributed by atoms with Crippen LogP contribution < -0.4 is 11.1 Å². The van der Waals surface area contributed by atoms with E-state index >= 15 is 0 Å². The molecule has 1 unspecified atom stereocenters. The number of thiophene rings is 1. The van der Waals surface area contributed by atoms with Crippen LogP contribution in [0, 0.1) is 22.6 Å². The standard InChI is InChI=1S/C28H28FN5O2S/c29-24-9-16(3-4-18(24)13-30)23-12-26(28(36)34-7-1-2-20(31)15-34)37-27(23)17-5-6-25(32)19(8-17)14-33-21-10-22(35)11-21/h3-6,8-9,12,14,20-22,32-33,35H,1-2,7,10-11,15,31H2/b19-14-,32-25?. The molecule has 5 rings (SSSR count). The number of rotatable bonds is 5. The lowest BCUT2D eigenvalue weighted by atomic mass is 9.89. The lowest BCUT2D eigenvalue weighted by molar-refractivity contribution is 0.0677. The van der Waals surface area contributed by atoms with Crippen molar-refractivity contribution in [2.75, 3.05) is 13.1 Å². The maximum atomic E-state index is 14.6. The van der Waals surface area contributed by atoms with Crippen LogP contribution in [0.4, 0.5) is 4.39 Å². The Balaban J connectivity index is 1.53. The van der Waals surface area contributed by atoms with E-state index in [1.165, 1.54) is 23.5 Å².